The molecule has 1 heterocycles. The van der Waals surface area contributed by atoms with Gasteiger partial charge in [-0.1, -0.05) is 17.7 Å². The number of methoxy groups -OCH3 is 1. The molecule has 88 valence electrons. The highest BCUT2D eigenvalue weighted by Gasteiger charge is 2.31. The van der Waals surface area contributed by atoms with E-state index in [0.717, 1.165) is 0 Å². The van der Waals surface area contributed by atoms with Crippen LogP contribution in [0.2, 0.25) is 5.02 Å². The Morgan fingerprint density at radius 2 is 2.35 bits per heavy atom. The van der Waals surface area contributed by atoms with Crippen LogP contribution in [-0.4, -0.2) is 19.6 Å². The first-order chi connectivity index (χ1) is 8.17. The number of amides is 1. The van der Waals surface area contributed by atoms with Crippen LogP contribution in [0.4, 0.5) is 5.69 Å². The molecule has 0 aromatic heterocycles. The van der Waals surface area contributed by atoms with Crippen LogP contribution in [-0.2, 0) is 4.79 Å². The normalized spacial score (nSPS) is 19.2. The summed E-state index contributed by atoms with van der Waals surface area (Å²) < 4.78 is 5.12. The lowest BCUT2D eigenvalue weighted by Crippen LogP contribution is -2.24. The third-order valence-electron chi connectivity index (χ3n) is 2.81. The van der Waals surface area contributed by atoms with Crippen molar-refractivity contribution < 1.29 is 9.53 Å². The van der Waals surface area contributed by atoms with Crippen LogP contribution < -0.4 is 9.64 Å². The molecule has 1 aliphatic heterocycles. The quantitative estimate of drug-likeness (QED) is 0.753. The van der Waals surface area contributed by atoms with E-state index in [1.807, 2.05) is 0 Å². The lowest BCUT2D eigenvalue weighted by molar-refractivity contribution is -0.117. The van der Waals surface area contributed by atoms with Gasteiger partial charge in [0.25, 0.3) is 0 Å². The van der Waals surface area contributed by atoms with Crippen molar-refractivity contribution in [3.8, 4) is 18.1 Å². The summed E-state index contributed by atoms with van der Waals surface area (Å²) in [5.74, 6) is 3.13. The largest absolute Gasteiger partial charge is 0.495 e. The second-order valence-corrected chi connectivity index (χ2v) is 4.24. The van der Waals surface area contributed by atoms with E-state index in [1.165, 1.54) is 0 Å². The molecule has 1 aliphatic rings. The number of anilines is 1. The number of ether oxygens (including phenoxy) is 1. The maximum Gasteiger partial charge on any atom is 0.228 e. The molecule has 17 heavy (non-hydrogen) atoms. The Morgan fingerprint density at radius 3 is 2.94 bits per heavy atom. The summed E-state index contributed by atoms with van der Waals surface area (Å²) >= 11 is 6.17. The Bertz CT molecular complexity index is 493. The topological polar surface area (TPSA) is 29.5 Å². The number of hydrogen-bond acceptors (Lipinski definition) is 2. The Labute approximate surface area is 105 Å². The summed E-state index contributed by atoms with van der Waals surface area (Å²) in [6.45, 7) is 0.516. The van der Waals surface area contributed by atoms with Gasteiger partial charge in [0, 0.05) is 18.9 Å². The number of halogens is 1. The van der Waals surface area contributed by atoms with Crippen LogP contribution in [0.15, 0.2) is 18.2 Å². The lowest BCUT2D eigenvalue weighted by atomic mass is 10.1. The predicted octanol–water partition coefficient (Wildman–Crippen LogP) is 2.33. The van der Waals surface area contributed by atoms with Crippen molar-refractivity contribution >= 4 is 23.2 Å². The first kappa shape index (κ1) is 11.8. The molecule has 1 atom stereocenters. The zero-order valence-electron chi connectivity index (χ0n) is 9.44. The van der Waals surface area contributed by atoms with Crippen molar-refractivity contribution in [3.05, 3.63) is 23.2 Å². The number of carbonyl (C=O) groups is 1. The molecule has 1 unspecified atom stereocenters. The van der Waals surface area contributed by atoms with Crippen molar-refractivity contribution in [1.82, 2.24) is 0 Å². The van der Waals surface area contributed by atoms with Crippen molar-refractivity contribution in [1.29, 1.82) is 0 Å². The second kappa shape index (κ2) is 4.68. The average Bonchev–Trinajstić information content (AvgIpc) is 2.71. The van der Waals surface area contributed by atoms with Gasteiger partial charge in [-0.3, -0.25) is 4.79 Å². The van der Waals surface area contributed by atoms with E-state index in [-0.39, 0.29) is 11.8 Å². The minimum absolute atomic E-state index is 0.00287. The van der Waals surface area contributed by atoms with Crippen molar-refractivity contribution in [2.75, 3.05) is 18.6 Å². The van der Waals surface area contributed by atoms with Crippen molar-refractivity contribution in [2.24, 2.45) is 5.92 Å². The van der Waals surface area contributed by atoms with Gasteiger partial charge in [-0.05, 0) is 12.1 Å². The first-order valence-electron chi connectivity index (χ1n) is 5.26. The Hall–Kier alpha value is -1.66. The van der Waals surface area contributed by atoms with Crippen LogP contribution in [0.1, 0.15) is 6.42 Å². The van der Waals surface area contributed by atoms with E-state index in [2.05, 4.69) is 5.92 Å². The second-order valence-electron chi connectivity index (χ2n) is 3.87. The summed E-state index contributed by atoms with van der Waals surface area (Å²) in [4.78, 5) is 13.4. The summed E-state index contributed by atoms with van der Waals surface area (Å²) in [5.41, 5.74) is 0.661. The fraction of sp³-hybridized carbons (Fsp3) is 0.308. The molecule has 0 radical (unpaired) electrons. The maximum absolute atomic E-state index is 11.8. The lowest BCUT2D eigenvalue weighted by Gasteiger charge is -2.18. The smallest absolute Gasteiger partial charge is 0.228 e. The third kappa shape index (κ3) is 2.09. The number of terminal acetylenes is 1. The van der Waals surface area contributed by atoms with E-state index >= 15 is 0 Å². The van der Waals surface area contributed by atoms with Gasteiger partial charge in [0.1, 0.15) is 10.8 Å². The highest BCUT2D eigenvalue weighted by molar-refractivity contribution is 6.35. The average molecular weight is 250 g/mol. The molecule has 0 bridgehead atoms. The van der Waals surface area contributed by atoms with E-state index in [1.54, 1.807) is 30.2 Å². The third-order valence-corrected chi connectivity index (χ3v) is 3.19. The number of rotatable bonds is 2. The van der Waals surface area contributed by atoms with Gasteiger partial charge < -0.3 is 9.64 Å². The van der Waals surface area contributed by atoms with E-state index in [9.17, 15) is 4.79 Å². The number of carbonyl (C=O) groups excluding carboxylic acids is 1. The maximum atomic E-state index is 11.8. The molecule has 3 nitrogen and oxygen atoms in total. The zero-order chi connectivity index (χ0) is 12.4. The van der Waals surface area contributed by atoms with Crippen LogP contribution >= 0.6 is 11.6 Å². The highest BCUT2D eigenvalue weighted by atomic mass is 35.5. The minimum Gasteiger partial charge on any atom is -0.495 e. The molecule has 4 heteroatoms. The van der Waals surface area contributed by atoms with Gasteiger partial charge in [0.05, 0.1) is 12.8 Å². The van der Waals surface area contributed by atoms with Gasteiger partial charge in [0.2, 0.25) is 5.91 Å². The predicted molar refractivity (Wildman–Crippen MR) is 67.3 cm³/mol. The minimum atomic E-state index is -0.0373. The summed E-state index contributed by atoms with van der Waals surface area (Å²) in [6.07, 6.45) is 5.72. The molecule has 1 amide bonds. The molecule has 0 N–H and O–H groups in total. The zero-order valence-corrected chi connectivity index (χ0v) is 10.2. The first-order valence-corrected chi connectivity index (χ1v) is 5.64. The SMILES string of the molecule is C#CC1CC(=O)N(c2cccc(OC)c2Cl)C1. The summed E-state index contributed by atoms with van der Waals surface area (Å²) in [5, 5.41) is 0.445. The van der Waals surface area contributed by atoms with Crippen LogP contribution in [0.25, 0.3) is 0 Å². The summed E-state index contributed by atoms with van der Waals surface area (Å²) in [6, 6.07) is 5.35. The Balaban J connectivity index is 2.36. The van der Waals surface area contributed by atoms with Crippen molar-refractivity contribution in [2.45, 2.75) is 6.42 Å². The molecule has 0 spiro atoms. The fourth-order valence-electron chi connectivity index (χ4n) is 1.92. The van der Waals surface area contributed by atoms with Crippen LogP contribution in [0, 0.1) is 18.3 Å². The molecule has 1 aromatic carbocycles. The number of benzene rings is 1. The Morgan fingerprint density at radius 1 is 1.59 bits per heavy atom. The van der Waals surface area contributed by atoms with E-state index < -0.39 is 0 Å². The van der Waals surface area contributed by atoms with Gasteiger partial charge >= 0.3 is 0 Å². The molecule has 1 aromatic rings. The standard InChI is InChI=1S/C13H12ClNO2/c1-3-9-7-12(16)15(8-9)10-5-4-6-11(17-2)13(10)14/h1,4-6,9H,7-8H2,2H3. The molecule has 0 aliphatic carbocycles. The van der Waals surface area contributed by atoms with Crippen LogP contribution in [0.3, 0.4) is 0 Å². The fourth-order valence-corrected chi connectivity index (χ4v) is 2.22. The molecule has 1 saturated heterocycles. The molecule has 2 rings (SSSR count). The van der Waals surface area contributed by atoms with Crippen molar-refractivity contribution in [3.63, 3.8) is 0 Å². The molecular formula is C13H12ClNO2. The van der Waals surface area contributed by atoms with Crippen LogP contribution in [0.5, 0.6) is 5.75 Å². The van der Waals surface area contributed by atoms with Gasteiger partial charge in [-0.15, -0.1) is 12.3 Å². The molecular weight excluding hydrogens is 238 g/mol. The van der Waals surface area contributed by atoms with Gasteiger partial charge in [0.15, 0.2) is 0 Å². The Kier molecular flexibility index (Phi) is 3.26. The highest BCUT2D eigenvalue weighted by Crippen LogP contribution is 2.36. The van der Waals surface area contributed by atoms with E-state index in [0.29, 0.717) is 29.4 Å². The number of hydrogen-bond donors (Lipinski definition) is 0. The monoisotopic (exact) mass is 249 g/mol. The number of nitrogens with zero attached hydrogens (tertiary/aromatic N) is 1. The van der Waals surface area contributed by atoms with E-state index in [4.69, 9.17) is 22.8 Å². The summed E-state index contributed by atoms with van der Waals surface area (Å²) in [7, 11) is 1.54. The molecule has 0 saturated carbocycles. The van der Waals surface area contributed by atoms with Gasteiger partial charge in [-0.25, -0.2) is 0 Å². The molecule has 1 fully saturated rings. The van der Waals surface area contributed by atoms with Gasteiger partial charge in [-0.2, -0.15) is 0 Å².